The molecule has 2 heteroatoms. The third kappa shape index (κ3) is 2.37. The first kappa shape index (κ1) is 9.84. The van der Waals surface area contributed by atoms with Crippen LogP contribution in [0.15, 0.2) is 11.8 Å². The van der Waals surface area contributed by atoms with Gasteiger partial charge in [0.1, 0.15) is 8.24 Å². The Morgan fingerprint density at radius 1 is 1.25 bits per heavy atom. The molecule has 0 unspecified atom stereocenters. The van der Waals surface area contributed by atoms with E-state index in [4.69, 9.17) is 0 Å². The highest BCUT2D eigenvalue weighted by Gasteiger charge is 2.22. The van der Waals surface area contributed by atoms with Crippen molar-refractivity contribution < 1.29 is 0 Å². The third-order valence-corrected chi connectivity index (χ3v) is 5.00. The van der Waals surface area contributed by atoms with Crippen LogP contribution in [-0.4, -0.2) is 19.8 Å². The lowest BCUT2D eigenvalue weighted by atomic mass is 10.1. The first-order chi connectivity index (χ1) is 5.52. The second-order valence-electron chi connectivity index (χ2n) is 4.67. The van der Waals surface area contributed by atoms with E-state index in [1.165, 1.54) is 25.7 Å². The van der Waals surface area contributed by atoms with Crippen molar-refractivity contribution in [1.82, 2.24) is 4.57 Å². The zero-order valence-corrected chi connectivity index (χ0v) is 9.85. The van der Waals surface area contributed by atoms with Gasteiger partial charge in [0.25, 0.3) is 0 Å². The molecule has 0 fully saturated rings. The van der Waals surface area contributed by atoms with E-state index in [0.29, 0.717) is 0 Å². The Labute approximate surface area is 77.5 Å². The predicted octanol–water partition coefficient (Wildman–Crippen LogP) is 3.21. The first-order valence-corrected chi connectivity index (χ1v) is 8.39. The Morgan fingerprint density at radius 3 is 2.33 bits per heavy atom. The zero-order chi connectivity index (χ0) is 9.19. The van der Waals surface area contributed by atoms with Crippen LogP contribution < -0.4 is 0 Å². The molecule has 0 aromatic carbocycles. The van der Waals surface area contributed by atoms with Crippen LogP contribution in [-0.2, 0) is 0 Å². The molecule has 0 amide bonds. The molecule has 0 radical (unpaired) electrons. The van der Waals surface area contributed by atoms with E-state index < -0.39 is 8.24 Å². The van der Waals surface area contributed by atoms with Gasteiger partial charge in [-0.05, 0) is 32.7 Å². The molecule has 0 aromatic rings. The minimum Gasteiger partial charge on any atom is -0.404 e. The van der Waals surface area contributed by atoms with Crippen molar-refractivity contribution in [1.29, 1.82) is 0 Å². The Balaban J connectivity index is 2.62. The smallest absolute Gasteiger partial charge is 0.146 e. The highest BCUT2D eigenvalue weighted by Crippen LogP contribution is 2.23. The summed E-state index contributed by atoms with van der Waals surface area (Å²) in [6, 6.07) is 0. The first-order valence-electron chi connectivity index (χ1n) is 4.94. The van der Waals surface area contributed by atoms with Gasteiger partial charge in [0.15, 0.2) is 0 Å². The van der Waals surface area contributed by atoms with Crippen molar-refractivity contribution in [2.24, 2.45) is 0 Å². The monoisotopic (exact) mass is 183 g/mol. The van der Waals surface area contributed by atoms with Gasteiger partial charge in [-0.25, -0.2) is 0 Å². The molecule has 0 aromatic heterocycles. The summed E-state index contributed by atoms with van der Waals surface area (Å²) in [7, 11) is 1.18. The van der Waals surface area contributed by atoms with Crippen molar-refractivity contribution in [3.8, 4) is 0 Å². The fourth-order valence-corrected chi connectivity index (χ4v) is 2.62. The largest absolute Gasteiger partial charge is 0.404 e. The molecule has 0 aliphatic heterocycles. The van der Waals surface area contributed by atoms with E-state index >= 15 is 0 Å². The molecule has 12 heavy (non-hydrogen) atoms. The number of allylic oxidation sites excluding steroid dienone is 2. The summed E-state index contributed by atoms with van der Waals surface area (Å²) in [6.45, 7) is 7.22. The van der Waals surface area contributed by atoms with Crippen LogP contribution in [0.1, 0.15) is 25.7 Å². The summed E-state index contributed by atoms with van der Waals surface area (Å²) >= 11 is 0. The summed E-state index contributed by atoms with van der Waals surface area (Å²) in [5.41, 5.74) is 1.60. The van der Waals surface area contributed by atoms with Gasteiger partial charge in [0.2, 0.25) is 0 Å². The lowest BCUT2D eigenvalue weighted by Gasteiger charge is -2.35. The fourth-order valence-electron chi connectivity index (χ4n) is 1.56. The van der Waals surface area contributed by atoms with Gasteiger partial charge in [-0.15, -0.1) is 0 Å². The van der Waals surface area contributed by atoms with Crippen LogP contribution >= 0.6 is 0 Å². The number of hydrogen-bond acceptors (Lipinski definition) is 1. The average molecular weight is 183 g/mol. The minimum atomic E-state index is -1.08. The van der Waals surface area contributed by atoms with E-state index in [1.54, 1.807) is 5.70 Å². The Bertz CT molecular complexity index is 179. The van der Waals surface area contributed by atoms with Gasteiger partial charge in [-0.3, -0.25) is 0 Å². The van der Waals surface area contributed by atoms with Gasteiger partial charge >= 0.3 is 0 Å². The standard InChI is InChI=1S/C10H21NSi/c1-11(12(2,3)4)10-8-6-5-7-9-10/h8H,5-7,9H2,1-4H3. The summed E-state index contributed by atoms with van der Waals surface area (Å²) in [4.78, 5) is 0. The Morgan fingerprint density at radius 2 is 1.92 bits per heavy atom. The van der Waals surface area contributed by atoms with E-state index in [0.717, 1.165) is 0 Å². The summed E-state index contributed by atoms with van der Waals surface area (Å²) in [5, 5.41) is 0. The van der Waals surface area contributed by atoms with Crippen LogP contribution in [0.2, 0.25) is 19.6 Å². The summed E-state index contributed by atoms with van der Waals surface area (Å²) < 4.78 is 2.55. The SMILES string of the molecule is CN(C1=CCCCC1)[Si](C)(C)C. The normalized spacial score (nSPS) is 18.8. The lowest BCUT2D eigenvalue weighted by molar-refractivity contribution is 0.541. The highest BCUT2D eigenvalue weighted by molar-refractivity contribution is 6.73. The van der Waals surface area contributed by atoms with E-state index in [9.17, 15) is 0 Å². The van der Waals surface area contributed by atoms with Gasteiger partial charge in [0.05, 0.1) is 0 Å². The van der Waals surface area contributed by atoms with Crippen molar-refractivity contribution in [3.63, 3.8) is 0 Å². The van der Waals surface area contributed by atoms with Gasteiger partial charge in [-0.2, -0.15) is 0 Å². The predicted molar refractivity (Wildman–Crippen MR) is 57.7 cm³/mol. The van der Waals surface area contributed by atoms with Crippen LogP contribution in [0.5, 0.6) is 0 Å². The highest BCUT2D eigenvalue weighted by atomic mass is 28.3. The van der Waals surface area contributed by atoms with Gasteiger partial charge < -0.3 is 4.57 Å². The Kier molecular flexibility index (Phi) is 2.99. The molecule has 0 heterocycles. The van der Waals surface area contributed by atoms with Crippen LogP contribution in [0.4, 0.5) is 0 Å². The minimum absolute atomic E-state index is 1.08. The van der Waals surface area contributed by atoms with Crippen molar-refractivity contribution in [2.45, 2.75) is 45.3 Å². The average Bonchev–Trinajstić information content (AvgIpc) is 2.03. The molecule has 0 spiro atoms. The quantitative estimate of drug-likeness (QED) is 0.594. The topological polar surface area (TPSA) is 3.24 Å². The molecule has 0 saturated carbocycles. The molecule has 1 rings (SSSR count). The number of hydrogen-bond donors (Lipinski definition) is 0. The maximum Gasteiger partial charge on any atom is 0.146 e. The molecular formula is C10H21NSi. The van der Waals surface area contributed by atoms with Crippen molar-refractivity contribution >= 4 is 8.24 Å². The maximum absolute atomic E-state index is 2.55. The van der Waals surface area contributed by atoms with Crippen LogP contribution in [0.3, 0.4) is 0 Å². The molecule has 0 bridgehead atoms. The molecule has 70 valence electrons. The van der Waals surface area contributed by atoms with E-state index in [2.05, 4.69) is 37.3 Å². The molecule has 0 saturated heterocycles. The van der Waals surface area contributed by atoms with Gasteiger partial charge in [-0.1, -0.05) is 25.7 Å². The second kappa shape index (κ2) is 3.65. The molecular weight excluding hydrogens is 162 g/mol. The maximum atomic E-state index is 2.55. The second-order valence-corrected chi connectivity index (χ2v) is 9.68. The van der Waals surface area contributed by atoms with Crippen LogP contribution in [0.25, 0.3) is 0 Å². The summed E-state index contributed by atoms with van der Waals surface area (Å²) in [6.07, 6.45) is 7.82. The molecule has 0 N–H and O–H groups in total. The molecule has 1 aliphatic rings. The van der Waals surface area contributed by atoms with Crippen molar-refractivity contribution in [2.75, 3.05) is 7.05 Å². The molecule has 1 nitrogen and oxygen atoms in total. The third-order valence-electron chi connectivity index (χ3n) is 2.70. The number of rotatable bonds is 2. The molecule has 0 atom stereocenters. The molecule has 1 aliphatic carbocycles. The lowest BCUT2D eigenvalue weighted by Crippen LogP contribution is -2.42. The fraction of sp³-hybridized carbons (Fsp3) is 0.800. The number of nitrogens with zero attached hydrogens (tertiary/aromatic N) is 1. The van der Waals surface area contributed by atoms with Gasteiger partial charge in [0, 0.05) is 5.70 Å². The Hall–Kier alpha value is -0.243. The van der Waals surface area contributed by atoms with E-state index in [1.807, 2.05) is 0 Å². The van der Waals surface area contributed by atoms with Crippen molar-refractivity contribution in [3.05, 3.63) is 11.8 Å². The summed E-state index contributed by atoms with van der Waals surface area (Å²) in [5.74, 6) is 0. The van der Waals surface area contributed by atoms with E-state index in [-0.39, 0.29) is 0 Å². The van der Waals surface area contributed by atoms with Crippen LogP contribution in [0, 0.1) is 0 Å². The zero-order valence-electron chi connectivity index (χ0n) is 8.85.